The highest BCUT2D eigenvalue weighted by molar-refractivity contribution is 5.82. The standard InChI is InChI=1S/C32H52O6/c1-8-9-12-24(5)32-26(7)28(34)18-15-21(2)19-25(6)31(37)23(4)16-17-27(33)20-29(35)22(3)13-10-11-14-30(36)38-32/h8-14,16-17,21-29,31-35,37H,1,15,18-20H2,2-7H3/b12-9-,13-10+,14-11+,17-16+/t21-,22+,23-,24-,25-,26-,27+,28+,29-,31-,32-/m0/s1. The van der Waals surface area contributed by atoms with Crippen LogP contribution in [-0.2, 0) is 9.53 Å². The first kappa shape index (κ1) is 34.0. The molecule has 0 saturated heterocycles. The van der Waals surface area contributed by atoms with Crippen molar-refractivity contribution in [3.05, 3.63) is 61.3 Å². The minimum Gasteiger partial charge on any atom is -0.458 e. The molecule has 1 aliphatic heterocycles. The molecule has 4 N–H and O–H groups in total. The van der Waals surface area contributed by atoms with Gasteiger partial charge in [0.2, 0.25) is 0 Å². The zero-order valence-electron chi connectivity index (χ0n) is 24.2. The van der Waals surface area contributed by atoms with E-state index >= 15 is 0 Å². The molecule has 0 aromatic heterocycles. The van der Waals surface area contributed by atoms with Gasteiger partial charge in [-0.15, -0.1) is 0 Å². The average Bonchev–Trinajstić information content (AvgIpc) is 2.88. The third kappa shape index (κ3) is 12.2. The van der Waals surface area contributed by atoms with Crippen molar-refractivity contribution in [3.8, 4) is 0 Å². The second-order valence-corrected chi connectivity index (χ2v) is 11.4. The maximum absolute atomic E-state index is 12.6. The molecule has 0 saturated carbocycles. The van der Waals surface area contributed by atoms with Gasteiger partial charge in [-0.3, -0.25) is 0 Å². The van der Waals surface area contributed by atoms with E-state index in [0.29, 0.717) is 6.42 Å². The Morgan fingerprint density at radius 1 is 0.921 bits per heavy atom. The summed E-state index contributed by atoms with van der Waals surface area (Å²) < 4.78 is 5.81. The maximum atomic E-state index is 12.6. The molecule has 0 fully saturated rings. The number of carbonyl (C=O) groups is 1. The summed E-state index contributed by atoms with van der Waals surface area (Å²) >= 11 is 0. The largest absolute Gasteiger partial charge is 0.458 e. The van der Waals surface area contributed by atoms with Gasteiger partial charge in [0.15, 0.2) is 0 Å². The Hall–Kier alpha value is -1.99. The highest BCUT2D eigenvalue weighted by Crippen LogP contribution is 2.28. The van der Waals surface area contributed by atoms with E-state index < -0.39 is 36.5 Å². The monoisotopic (exact) mass is 532 g/mol. The smallest absolute Gasteiger partial charge is 0.331 e. The number of rotatable bonds is 3. The van der Waals surface area contributed by atoms with E-state index in [1.807, 2.05) is 52.8 Å². The Morgan fingerprint density at radius 2 is 1.61 bits per heavy atom. The Bertz CT molecular complexity index is 815. The van der Waals surface area contributed by atoms with Crippen molar-refractivity contribution in [1.82, 2.24) is 0 Å². The van der Waals surface area contributed by atoms with Gasteiger partial charge in [-0.1, -0.05) is 96.7 Å². The third-order valence-corrected chi connectivity index (χ3v) is 7.78. The Balaban J connectivity index is 3.17. The summed E-state index contributed by atoms with van der Waals surface area (Å²) in [6.45, 7) is 15.5. The Kier molecular flexibility index (Phi) is 15.7. The van der Waals surface area contributed by atoms with E-state index in [1.54, 1.807) is 30.4 Å². The molecule has 0 radical (unpaired) electrons. The van der Waals surface area contributed by atoms with Crippen molar-refractivity contribution in [3.63, 3.8) is 0 Å². The number of esters is 1. The first-order valence-corrected chi connectivity index (χ1v) is 14.1. The zero-order chi connectivity index (χ0) is 28.8. The molecular weight excluding hydrogens is 480 g/mol. The van der Waals surface area contributed by atoms with Gasteiger partial charge >= 0.3 is 5.97 Å². The molecule has 0 aromatic rings. The molecule has 0 amide bonds. The van der Waals surface area contributed by atoms with Crippen molar-refractivity contribution >= 4 is 5.97 Å². The number of carbonyl (C=O) groups excluding carboxylic acids is 1. The van der Waals surface area contributed by atoms with Crippen LogP contribution >= 0.6 is 0 Å². The van der Waals surface area contributed by atoms with Crippen LogP contribution in [-0.4, -0.2) is 56.9 Å². The molecule has 1 aliphatic rings. The fraction of sp³-hybridized carbons (Fsp3) is 0.656. The first-order valence-electron chi connectivity index (χ1n) is 14.1. The van der Waals surface area contributed by atoms with E-state index in [0.717, 1.165) is 12.8 Å². The lowest BCUT2D eigenvalue weighted by Crippen LogP contribution is -2.37. The Labute approximate surface area is 230 Å². The third-order valence-electron chi connectivity index (χ3n) is 7.78. The molecule has 0 aliphatic carbocycles. The number of ether oxygens (including phenoxy) is 1. The SMILES string of the molecule is C=C/C=C\[C@H](C)[C@@H]1OC(=O)/C=C/C=C/[C@@H](C)[C@@H](O)C[C@H](O)/C=C/[C@H](C)[C@H](O)[C@@H](C)C[C@@H](C)CC[C@@H](O)[C@@H]1C. The molecule has 0 spiro atoms. The molecule has 1 heterocycles. The average molecular weight is 533 g/mol. The summed E-state index contributed by atoms with van der Waals surface area (Å²) in [6.07, 6.45) is 14.2. The molecule has 216 valence electrons. The van der Waals surface area contributed by atoms with E-state index in [4.69, 9.17) is 4.74 Å². The molecule has 1 rings (SSSR count). The number of hydrogen-bond acceptors (Lipinski definition) is 6. The minimum absolute atomic E-state index is 0.0366. The lowest BCUT2D eigenvalue weighted by molar-refractivity contribution is -0.150. The van der Waals surface area contributed by atoms with Gasteiger partial charge in [0, 0.05) is 36.2 Å². The summed E-state index contributed by atoms with van der Waals surface area (Å²) in [5.74, 6) is -0.976. The first-order chi connectivity index (χ1) is 17.9. The van der Waals surface area contributed by atoms with Crippen molar-refractivity contribution < 1.29 is 30.0 Å². The van der Waals surface area contributed by atoms with Crippen LogP contribution in [0.3, 0.4) is 0 Å². The number of allylic oxidation sites excluding steroid dienone is 4. The van der Waals surface area contributed by atoms with E-state index in [-0.39, 0.29) is 41.9 Å². The van der Waals surface area contributed by atoms with Crippen LogP contribution in [0.1, 0.15) is 67.2 Å². The Morgan fingerprint density at radius 3 is 2.26 bits per heavy atom. The summed E-state index contributed by atoms with van der Waals surface area (Å²) in [5, 5.41) is 42.7. The van der Waals surface area contributed by atoms with Gasteiger partial charge in [0.25, 0.3) is 0 Å². The van der Waals surface area contributed by atoms with Crippen molar-refractivity contribution in [2.45, 2.75) is 97.7 Å². The van der Waals surface area contributed by atoms with Gasteiger partial charge in [-0.2, -0.15) is 0 Å². The molecule has 6 nitrogen and oxygen atoms in total. The van der Waals surface area contributed by atoms with E-state index in [9.17, 15) is 25.2 Å². The fourth-order valence-corrected chi connectivity index (χ4v) is 5.04. The molecular formula is C32H52O6. The number of hydrogen-bond donors (Lipinski definition) is 4. The van der Waals surface area contributed by atoms with Crippen LogP contribution in [0, 0.1) is 35.5 Å². The highest BCUT2D eigenvalue weighted by atomic mass is 16.5. The summed E-state index contributed by atoms with van der Waals surface area (Å²) in [7, 11) is 0. The number of aliphatic hydroxyl groups excluding tert-OH is 4. The van der Waals surface area contributed by atoms with Crippen LogP contribution in [0.5, 0.6) is 0 Å². The molecule has 6 heteroatoms. The molecule has 0 bridgehead atoms. The number of cyclic esters (lactones) is 1. The van der Waals surface area contributed by atoms with Gasteiger partial charge in [-0.05, 0) is 31.1 Å². The highest BCUT2D eigenvalue weighted by Gasteiger charge is 2.31. The van der Waals surface area contributed by atoms with Crippen molar-refractivity contribution in [1.29, 1.82) is 0 Å². The topological polar surface area (TPSA) is 107 Å². The second kappa shape index (κ2) is 17.6. The van der Waals surface area contributed by atoms with Crippen LogP contribution in [0.15, 0.2) is 61.3 Å². The van der Waals surface area contributed by atoms with Gasteiger partial charge in [0.05, 0.1) is 24.4 Å². The molecule has 11 atom stereocenters. The lowest BCUT2D eigenvalue weighted by Gasteiger charge is -2.31. The normalized spacial score (nSPS) is 40.7. The van der Waals surface area contributed by atoms with E-state index in [2.05, 4.69) is 13.5 Å². The summed E-state index contributed by atoms with van der Waals surface area (Å²) in [6, 6.07) is 0. The predicted octanol–water partition coefficient (Wildman–Crippen LogP) is 5.14. The maximum Gasteiger partial charge on any atom is 0.331 e. The zero-order valence-corrected chi connectivity index (χ0v) is 24.2. The molecule has 0 unspecified atom stereocenters. The number of aliphatic hydroxyl groups is 4. The molecule has 38 heavy (non-hydrogen) atoms. The van der Waals surface area contributed by atoms with Gasteiger partial charge < -0.3 is 25.2 Å². The van der Waals surface area contributed by atoms with Crippen LogP contribution in [0.4, 0.5) is 0 Å². The summed E-state index contributed by atoms with van der Waals surface area (Å²) in [5.41, 5.74) is 0. The van der Waals surface area contributed by atoms with Crippen molar-refractivity contribution in [2.75, 3.05) is 0 Å². The lowest BCUT2D eigenvalue weighted by atomic mass is 9.82. The molecule has 0 aromatic carbocycles. The van der Waals surface area contributed by atoms with Crippen LogP contribution < -0.4 is 0 Å². The minimum atomic E-state index is -0.828. The second-order valence-electron chi connectivity index (χ2n) is 11.4. The van der Waals surface area contributed by atoms with Gasteiger partial charge in [0.1, 0.15) is 6.10 Å². The van der Waals surface area contributed by atoms with Gasteiger partial charge in [-0.25, -0.2) is 4.79 Å². The quantitative estimate of drug-likeness (QED) is 0.228. The predicted molar refractivity (Wildman–Crippen MR) is 154 cm³/mol. The van der Waals surface area contributed by atoms with Crippen LogP contribution in [0.25, 0.3) is 0 Å². The van der Waals surface area contributed by atoms with Crippen molar-refractivity contribution in [2.24, 2.45) is 35.5 Å². The fourth-order valence-electron chi connectivity index (χ4n) is 5.04. The van der Waals surface area contributed by atoms with E-state index in [1.165, 1.54) is 6.08 Å². The van der Waals surface area contributed by atoms with Crippen LogP contribution in [0.2, 0.25) is 0 Å². The summed E-state index contributed by atoms with van der Waals surface area (Å²) in [4.78, 5) is 12.6.